The van der Waals surface area contributed by atoms with E-state index in [-0.39, 0.29) is 22.7 Å². The third kappa shape index (κ3) is 4.46. The van der Waals surface area contributed by atoms with E-state index in [1.54, 1.807) is 35.5 Å². The molecule has 194 valence electrons. The van der Waals surface area contributed by atoms with Crippen molar-refractivity contribution in [1.29, 1.82) is 0 Å². The molecule has 2 aliphatic heterocycles. The minimum absolute atomic E-state index is 0.0855. The molecule has 5 rings (SSSR count). The van der Waals surface area contributed by atoms with Gasteiger partial charge in [-0.15, -0.1) is 0 Å². The van der Waals surface area contributed by atoms with Crippen LogP contribution < -0.4 is 10.4 Å². The smallest absolute Gasteiger partial charge is 0.317 e. The maximum absolute atomic E-state index is 13.6. The number of fused-ring (bicyclic) bond motifs is 1. The normalized spacial score (nSPS) is 20.0. The fourth-order valence-corrected chi connectivity index (χ4v) is 6.45. The van der Waals surface area contributed by atoms with E-state index < -0.39 is 21.9 Å². The summed E-state index contributed by atoms with van der Waals surface area (Å²) in [7, 11) is -2.44. The summed E-state index contributed by atoms with van der Waals surface area (Å²) in [4.78, 5) is 13.3. The number of allylic oxidation sites excluding steroid dienone is 2. The fourth-order valence-electron chi connectivity index (χ4n) is 5.03. The lowest BCUT2D eigenvalue weighted by molar-refractivity contribution is -0.143. The van der Waals surface area contributed by atoms with Gasteiger partial charge in [0.25, 0.3) is 0 Å². The number of esters is 1. The largest absolute Gasteiger partial charge is 0.468 e. The highest BCUT2D eigenvalue weighted by atomic mass is 32.2. The van der Waals surface area contributed by atoms with Crippen molar-refractivity contribution < 1.29 is 22.3 Å². The molecule has 3 aliphatic rings. The van der Waals surface area contributed by atoms with Crippen molar-refractivity contribution in [2.75, 3.05) is 25.2 Å². The molecule has 2 aromatic rings. The molecule has 2 aromatic carbocycles. The molecule has 2 heterocycles. The van der Waals surface area contributed by atoms with Crippen LogP contribution in [-0.2, 0) is 25.0 Å². The van der Waals surface area contributed by atoms with E-state index in [4.69, 9.17) is 4.74 Å². The van der Waals surface area contributed by atoms with Crippen LogP contribution in [0.4, 0.5) is 10.1 Å². The van der Waals surface area contributed by atoms with Crippen molar-refractivity contribution in [3.8, 4) is 0 Å². The second-order valence-electron chi connectivity index (χ2n) is 10.4. The highest BCUT2D eigenvalue weighted by Gasteiger charge is 2.43. The summed E-state index contributed by atoms with van der Waals surface area (Å²) in [5.74, 6) is -1.55. The Morgan fingerprint density at radius 1 is 1.08 bits per heavy atom. The second kappa shape index (κ2) is 9.15. The highest BCUT2D eigenvalue weighted by molar-refractivity contribution is 7.89. The average molecular weight is 524 g/mol. The van der Waals surface area contributed by atoms with Crippen LogP contribution in [0.25, 0.3) is 0 Å². The fraction of sp³-hybridized carbons (Fsp3) is 0.321. The standard InChI is InChI=1S/C28H30FN3O4S/c1-28(2,3)19-5-11-22(12-6-19)37(34,35)31-14-13-18-15-25-23(26(24(18)17-31)27(33)36-4)16-30-32(25)21-9-7-20(29)8-10-21/h5-12,15-16,26,30H,13-14,17H2,1-4H3/t26-/m0/s1. The van der Waals surface area contributed by atoms with Gasteiger partial charge in [0.15, 0.2) is 0 Å². The van der Waals surface area contributed by atoms with Crippen molar-refractivity contribution in [2.24, 2.45) is 5.92 Å². The van der Waals surface area contributed by atoms with Crippen LogP contribution >= 0.6 is 0 Å². The van der Waals surface area contributed by atoms with E-state index >= 15 is 0 Å². The van der Waals surface area contributed by atoms with Gasteiger partial charge in [-0.25, -0.2) is 12.8 Å². The zero-order valence-electron chi connectivity index (χ0n) is 21.3. The molecule has 0 bridgehead atoms. The number of benzene rings is 2. The van der Waals surface area contributed by atoms with Crippen molar-refractivity contribution >= 4 is 21.7 Å². The first kappa shape index (κ1) is 25.2. The van der Waals surface area contributed by atoms with Gasteiger partial charge in [0.2, 0.25) is 10.0 Å². The monoisotopic (exact) mass is 523 g/mol. The topological polar surface area (TPSA) is 79.0 Å². The zero-order chi connectivity index (χ0) is 26.5. The van der Waals surface area contributed by atoms with E-state index in [1.807, 2.05) is 18.2 Å². The van der Waals surface area contributed by atoms with Crippen molar-refractivity contribution in [3.05, 3.63) is 94.6 Å². The SMILES string of the molecule is COC(=O)[C@H]1C2=CNN(c3ccc(F)cc3)C2=CC2=C1CN(S(=O)(=O)c1ccc(C(C)(C)C)cc1)CC2. The number of nitrogens with zero attached hydrogens (tertiary/aromatic N) is 2. The van der Waals surface area contributed by atoms with Crippen molar-refractivity contribution in [1.82, 2.24) is 9.73 Å². The third-order valence-electron chi connectivity index (χ3n) is 7.13. The van der Waals surface area contributed by atoms with Gasteiger partial charge in [-0.05, 0) is 71.0 Å². The lowest BCUT2D eigenvalue weighted by Gasteiger charge is -2.36. The number of halogens is 1. The van der Waals surface area contributed by atoms with E-state index in [0.717, 1.165) is 16.8 Å². The van der Waals surface area contributed by atoms with Crippen LogP contribution in [0.3, 0.4) is 0 Å². The summed E-state index contributed by atoms with van der Waals surface area (Å²) in [6.45, 7) is 6.63. The number of rotatable bonds is 4. The number of anilines is 1. The molecule has 1 aliphatic carbocycles. The van der Waals surface area contributed by atoms with Crippen molar-refractivity contribution in [3.63, 3.8) is 0 Å². The minimum Gasteiger partial charge on any atom is -0.468 e. The van der Waals surface area contributed by atoms with Gasteiger partial charge in [0, 0.05) is 24.9 Å². The lowest BCUT2D eigenvalue weighted by atomic mass is 9.79. The van der Waals surface area contributed by atoms with Gasteiger partial charge in [-0.2, -0.15) is 4.31 Å². The summed E-state index contributed by atoms with van der Waals surface area (Å²) in [6.07, 6.45) is 4.15. The first-order valence-corrected chi connectivity index (χ1v) is 13.6. The number of sulfonamides is 1. The summed E-state index contributed by atoms with van der Waals surface area (Å²) in [5, 5.41) is 1.79. The van der Waals surface area contributed by atoms with E-state index in [9.17, 15) is 17.6 Å². The predicted octanol–water partition coefficient (Wildman–Crippen LogP) is 4.41. The average Bonchev–Trinajstić information content (AvgIpc) is 3.29. The summed E-state index contributed by atoms with van der Waals surface area (Å²) in [6, 6.07) is 13.1. The summed E-state index contributed by atoms with van der Waals surface area (Å²) in [5.41, 5.74) is 7.90. The van der Waals surface area contributed by atoms with Gasteiger partial charge in [-0.3, -0.25) is 9.80 Å². The number of carbonyl (C=O) groups is 1. The number of carbonyl (C=O) groups excluding carboxylic acids is 1. The van der Waals surface area contributed by atoms with Crippen LogP contribution in [0.1, 0.15) is 32.8 Å². The Hall–Kier alpha value is -3.43. The zero-order valence-corrected chi connectivity index (χ0v) is 22.1. The number of hydrazine groups is 1. The molecule has 0 fully saturated rings. The molecule has 1 N–H and O–H groups in total. The van der Waals surface area contributed by atoms with Crippen LogP contribution in [0.15, 0.2) is 88.1 Å². The summed E-state index contributed by atoms with van der Waals surface area (Å²) >= 11 is 0. The molecular formula is C28H30FN3O4S. The van der Waals surface area contributed by atoms with Crippen molar-refractivity contribution in [2.45, 2.75) is 37.5 Å². The Kier molecular flexibility index (Phi) is 6.24. The molecule has 1 atom stereocenters. The Morgan fingerprint density at radius 3 is 2.38 bits per heavy atom. The maximum atomic E-state index is 13.6. The van der Waals surface area contributed by atoms with Crippen LogP contribution in [-0.4, -0.2) is 38.9 Å². The molecule has 0 saturated heterocycles. The lowest BCUT2D eigenvalue weighted by Crippen LogP contribution is -2.42. The summed E-state index contributed by atoms with van der Waals surface area (Å²) < 4.78 is 47.2. The number of hydrogen-bond acceptors (Lipinski definition) is 6. The van der Waals surface area contributed by atoms with Crippen LogP contribution in [0.5, 0.6) is 0 Å². The van der Waals surface area contributed by atoms with E-state index in [1.165, 1.54) is 23.5 Å². The van der Waals surface area contributed by atoms with Gasteiger partial charge in [0.05, 0.1) is 23.4 Å². The third-order valence-corrected chi connectivity index (χ3v) is 8.99. The molecule has 0 amide bonds. The first-order valence-electron chi connectivity index (χ1n) is 12.1. The van der Waals surface area contributed by atoms with Gasteiger partial charge < -0.3 is 10.2 Å². The molecular weight excluding hydrogens is 493 g/mol. The number of nitrogens with one attached hydrogen (secondary N) is 1. The molecule has 0 spiro atoms. The Balaban J connectivity index is 1.49. The van der Waals surface area contributed by atoms with Crippen LogP contribution in [0, 0.1) is 11.7 Å². The van der Waals surface area contributed by atoms with E-state index in [2.05, 4.69) is 26.2 Å². The van der Waals surface area contributed by atoms with Crippen LogP contribution in [0.2, 0.25) is 0 Å². The molecule has 0 unspecified atom stereocenters. The molecule has 7 nitrogen and oxygen atoms in total. The maximum Gasteiger partial charge on any atom is 0.317 e. The Labute approximate surface area is 216 Å². The number of methoxy groups -OCH3 is 1. The molecule has 37 heavy (non-hydrogen) atoms. The molecule has 9 heteroatoms. The minimum atomic E-state index is -3.77. The first-order chi connectivity index (χ1) is 17.5. The molecule has 0 radical (unpaired) electrons. The van der Waals surface area contributed by atoms with E-state index in [0.29, 0.717) is 29.8 Å². The predicted molar refractivity (Wildman–Crippen MR) is 139 cm³/mol. The quantitative estimate of drug-likeness (QED) is 0.599. The number of hydrogen-bond donors (Lipinski definition) is 1. The second-order valence-corrected chi connectivity index (χ2v) is 12.4. The molecule has 0 aromatic heterocycles. The van der Waals surface area contributed by atoms with Gasteiger partial charge >= 0.3 is 5.97 Å². The highest BCUT2D eigenvalue weighted by Crippen LogP contribution is 2.43. The Morgan fingerprint density at radius 2 is 1.76 bits per heavy atom. The number of ether oxygens (including phenoxy) is 1. The van der Waals surface area contributed by atoms with Gasteiger partial charge in [-0.1, -0.05) is 32.9 Å². The van der Waals surface area contributed by atoms with Gasteiger partial charge in [0.1, 0.15) is 11.7 Å². The molecule has 0 saturated carbocycles. The Bertz CT molecular complexity index is 1440.